The van der Waals surface area contributed by atoms with Crippen molar-refractivity contribution in [3.8, 4) is 5.75 Å². The Balaban J connectivity index is 1.83. The molecule has 0 spiro atoms. The second kappa shape index (κ2) is 8.31. The summed E-state index contributed by atoms with van der Waals surface area (Å²) < 4.78 is 10.6. The van der Waals surface area contributed by atoms with Crippen LogP contribution in [0.15, 0.2) is 83.4 Å². The lowest BCUT2D eigenvalue weighted by molar-refractivity contribution is -0.132. The highest BCUT2D eigenvalue weighted by Gasteiger charge is 2.48. The van der Waals surface area contributed by atoms with Gasteiger partial charge in [-0.25, -0.2) is 0 Å². The Morgan fingerprint density at radius 2 is 1.90 bits per heavy atom. The average molecular weight is 416 g/mol. The lowest BCUT2D eigenvalue weighted by Crippen LogP contribution is -2.29. The van der Waals surface area contributed by atoms with Crippen LogP contribution >= 0.6 is 0 Å². The standard InChI is InChI=1S/C24H20N2O5/c1-3-13-30-18-11-9-17(10-12-18)22(27)20-21(16-7-5-4-6-8-16)26(24(29)23(20)28)19-14-15(2)31-25-19/h3-12,14,21,27H,1,13H2,2H3/t21-/m1/s1. The molecular weight excluding hydrogens is 396 g/mol. The number of nitrogens with zero attached hydrogens (tertiary/aromatic N) is 2. The molecule has 0 aliphatic carbocycles. The SMILES string of the molecule is C=CCOc1ccc(C(O)=C2C(=O)C(=O)N(c3cc(C)on3)[C@@H]2c2ccccc2)cc1. The third-order valence-electron chi connectivity index (χ3n) is 4.92. The number of aryl methyl sites for hydroxylation is 1. The number of amides is 1. The fourth-order valence-electron chi connectivity index (χ4n) is 3.51. The van der Waals surface area contributed by atoms with E-state index in [1.165, 1.54) is 4.90 Å². The van der Waals surface area contributed by atoms with E-state index in [0.717, 1.165) is 0 Å². The molecule has 1 N–H and O–H groups in total. The Morgan fingerprint density at radius 3 is 2.52 bits per heavy atom. The third-order valence-corrected chi connectivity index (χ3v) is 4.92. The molecule has 2 aromatic carbocycles. The van der Waals surface area contributed by atoms with Crippen LogP contribution in [0.1, 0.15) is 22.9 Å². The van der Waals surface area contributed by atoms with Gasteiger partial charge in [-0.1, -0.05) is 48.1 Å². The summed E-state index contributed by atoms with van der Waals surface area (Å²) in [5.41, 5.74) is 1.03. The van der Waals surface area contributed by atoms with Crippen molar-refractivity contribution < 1.29 is 24.0 Å². The van der Waals surface area contributed by atoms with E-state index < -0.39 is 17.7 Å². The molecule has 0 radical (unpaired) electrons. The van der Waals surface area contributed by atoms with Crippen LogP contribution in [0.5, 0.6) is 5.75 Å². The van der Waals surface area contributed by atoms with Crippen molar-refractivity contribution >= 4 is 23.3 Å². The summed E-state index contributed by atoms with van der Waals surface area (Å²) in [6.07, 6.45) is 1.63. The van der Waals surface area contributed by atoms with Crippen LogP contribution < -0.4 is 9.64 Å². The van der Waals surface area contributed by atoms with Gasteiger partial charge in [0.25, 0.3) is 5.78 Å². The minimum absolute atomic E-state index is 0.0170. The number of rotatable bonds is 6. The molecule has 31 heavy (non-hydrogen) atoms. The van der Waals surface area contributed by atoms with Gasteiger partial charge >= 0.3 is 5.91 Å². The minimum atomic E-state index is -0.845. The van der Waals surface area contributed by atoms with Gasteiger partial charge in [0.1, 0.15) is 23.9 Å². The number of carbonyl (C=O) groups excluding carboxylic acids is 2. The topological polar surface area (TPSA) is 92.9 Å². The number of benzene rings is 2. The number of Topliss-reactive ketones (excluding diaryl/α,β-unsaturated/α-hetero) is 1. The maximum atomic E-state index is 13.0. The second-order valence-electron chi connectivity index (χ2n) is 7.00. The summed E-state index contributed by atoms with van der Waals surface area (Å²) in [7, 11) is 0. The molecule has 1 saturated heterocycles. The van der Waals surface area contributed by atoms with Crippen molar-refractivity contribution in [2.24, 2.45) is 0 Å². The highest BCUT2D eigenvalue weighted by Crippen LogP contribution is 2.41. The first-order valence-electron chi connectivity index (χ1n) is 9.64. The van der Waals surface area contributed by atoms with Crippen LogP contribution in [0.4, 0.5) is 5.82 Å². The Morgan fingerprint density at radius 1 is 1.19 bits per heavy atom. The molecule has 1 atom stereocenters. The largest absolute Gasteiger partial charge is 0.507 e. The molecule has 1 aliphatic heterocycles. The maximum absolute atomic E-state index is 13.0. The van der Waals surface area contributed by atoms with Gasteiger partial charge in [0.2, 0.25) is 0 Å². The van der Waals surface area contributed by atoms with Gasteiger partial charge in [0.05, 0.1) is 11.6 Å². The minimum Gasteiger partial charge on any atom is -0.507 e. The predicted octanol–water partition coefficient (Wildman–Crippen LogP) is 4.17. The van der Waals surface area contributed by atoms with E-state index in [-0.39, 0.29) is 17.2 Å². The first-order chi connectivity index (χ1) is 15.0. The second-order valence-corrected chi connectivity index (χ2v) is 7.00. The number of aromatic nitrogens is 1. The van der Waals surface area contributed by atoms with Gasteiger partial charge in [0, 0.05) is 11.6 Å². The van der Waals surface area contributed by atoms with Crippen molar-refractivity contribution in [3.05, 3.63) is 95.8 Å². The number of hydrogen-bond acceptors (Lipinski definition) is 6. The van der Waals surface area contributed by atoms with Crippen molar-refractivity contribution in [2.75, 3.05) is 11.5 Å². The molecule has 1 fully saturated rings. The number of anilines is 1. The van der Waals surface area contributed by atoms with E-state index in [4.69, 9.17) is 9.26 Å². The highest BCUT2D eigenvalue weighted by atomic mass is 16.5. The van der Waals surface area contributed by atoms with Crippen LogP contribution in [-0.2, 0) is 9.59 Å². The van der Waals surface area contributed by atoms with Gasteiger partial charge in [-0.2, -0.15) is 0 Å². The van der Waals surface area contributed by atoms with Crippen LogP contribution in [0.25, 0.3) is 5.76 Å². The molecule has 0 bridgehead atoms. The fourth-order valence-corrected chi connectivity index (χ4v) is 3.51. The van der Waals surface area contributed by atoms with Crippen molar-refractivity contribution in [3.63, 3.8) is 0 Å². The normalized spacial score (nSPS) is 17.7. The molecule has 7 nitrogen and oxygen atoms in total. The summed E-state index contributed by atoms with van der Waals surface area (Å²) in [6.45, 7) is 5.65. The van der Waals surface area contributed by atoms with Crippen LogP contribution in [0.3, 0.4) is 0 Å². The van der Waals surface area contributed by atoms with Crippen molar-refractivity contribution in [2.45, 2.75) is 13.0 Å². The van der Waals surface area contributed by atoms with Gasteiger partial charge in [-0.3, -0.25) is 14.5 Å². The number of hydrogen-bond donors (Lipinski definition) is 1. The molecule has 4 rings (SSSR count). The number of carbonyl (C=O) groups is 2. The summed E-state index contributed by atoms with van der Waals surface area (Å²) in [5.74, 6) is -0.548. The monoisotopic (exact) mass is 416 g/mol. The summed E-state index contributed by atoms with van der Waals surface area (Å²) in [5, 5.41) is 15.0. The first kappa shape index (κ1) is 20.2. The zero-order valence-electron chi connectivity index (χ0n) is 16.8. The Labute approximate surface area is 178 Å². The quantitative estimate of drug-likeness (QED) is 0.281. The van der Waals surface area contributed by atoms with E-state index in [2.05, 4.69) is 11.7 Å². The highest BCUT2D eigenvalue weighted by molar-refractivity contribution is 6.51. The number of ether oxygens (including phenoxy) is 1. The first-order valence-corrected chi connectivity index (χ1v) is 9.64. The molecule has 0 saturated carbocycles. The van der Waals surface area contributed by atoms with Gasteiger partial charge < -0.3 is 14.4 Å². The lowest BCUT2D eigenvalue weighted by Gasteiger charge is -2.22. The van der Waals surface area contributed by atoms with Gasteiger partial charge in [-0.05, 0) is 36.8 Å². The molecule has 1 amide bonds. The molecule has 7 heteroatoms. The molecular formula is C24H20N2O5. The van der Waals surface area contributed by atoms with Crippen LogP contribution in [-0.4, -0.2) is 28.6 Å². The fraction of sp³-hybridized carbons (Fsp3) is 0.125. The van der Waals surface area contributed by atoms with Crippen molar-refractivity contribution in [1.82, 2.24) is 5.16 Å². The van der Waals surface area contributed by atoms with E-state index in [1.807, 2.05) is 6.07 Å². The molecule has 0 unspecified atom stereocenters. The smallest absolute Gasteiger partial charge is 0.301 e. The molecule has 1 aromatic heterocycles. The van der Waals surface area contributed by atoms with Crippen LogP contribution in [0, 0.1) is 6.92 Å². The average Bonchev–Trinajstić information content (AvgIpc) is 3.33. The van der Waals surface area contributed by atoms with E-state index in [0.29, 0.717) is 29.2 Å². The maximum Gasteiger partial charge on any atom is 0.301 e. The molecule has 2 heterocycles. The lowest BCUT2D eigenvalue weighted by atomic mass is 9.95. The Hall–Kier alpha value is -4.13. The van der Waals surface area contributed by atoms with Crippen LogP contribution in [0.2, 0.25) is 0 Å². The Bertz CT molecular complexity index is 1160. The van der Waals surface area contributed by atoms with E-state index >= 15 is 0 Å². The van der Waals surface area contributed by atoms with Gasteiger partial charge in [0.15, 0.2) is 5.82 Å². The van der Waals surface area contributed by atoms with E-state index in [9.17, 15) is 14.7 Å². The zero-order valence-corrected chi connectivity index (χ0v) is 16.8. The third kappa shape index (κ3) is 3.73. The summed E-state index contributed by atoms with van der Waals surface area (Å²) in [6, 6.07) is 16.3. The number of aliphatic hydroxyl groups excluding tert-OH is 1. The van der Waals surface area contributed by atoms with E-state index in [1.54, 1.807) is 67.6 Å². The number of ketones is 1. The Kier molecular flexibility index (Phi) is 5.41. The van der Waals surface area contributed by atoms with Crippen molar-refractivity contribution in [1.29, 1.82) is 0 Å². The molecule has 3 aromatic rings. The summed E-state index contributed by atoms with van der Waals surface area (Å²) in [4.78, 5) is 27.2. The summed E-state index contributed by atoms with van der Waals surface area (Å²) >= 11 is 0. The molecule has 156 valence electrons. The number of aliphatic hydroxyl groups is 1. The zero-order chi connectivity index (χ0) is 22.0. The molecule has 1 aliphatic rings. The predicted molar refractivity (Wildman–Crippen MR) is 115 cm³/mol. The van der Waals surface area contributed by atoms with Gasteiger partial charge in [-0.15, -0.1) is 0 Å².